The second-order valence-electron chi connectivity index (χ2n) is 9.43. The average Bonchev–Trinajstić information content (AvgIpc) is 3.39. The van der Waals surface area contributed by atoms with Crippen molar-refractivity contribution in [2.24, 2.45) is 0 Å². The van der Waals surface area contributed by atoms with E-state index in [-0.39, 0.29) is 42.1 Å². The van der Waals surface area contributed by atoms with Crippen molar-refractivity contribution in [1.29, 1.82) is 0 Å². The van der Waals surface area contributed by atoms with Crippen LogP contribution in [0.3, 0.4) is 0 Å². The topological polar surface area (TPSA) is 165 Å². The zero-order valence-electron chi connectivity index (χ0n) is 22.7. The summed E-state index contributed by atoms with van der Waals surface area (Å²) in [5.41, 5.74) is 2.55. The number of imide groups is 1. The standard InChI is InChI=1S/C27H25F3N8O5/c1-3-37-27(42)38(15-5-6-16(28)17(29)11-15)26(41)22(36-37)25(40)33-14-4-7-19(18(30)10-14)43-20-8-9-31-23-21(20)24(35-34-23)32-13(2)12-39/h4-11,13,22,36,39H,3,12H2,1-2H3,(H,33,40)(H2,31,32,34,35)/t13-,22?/m1/s1. The highest BCUT2D eigenvalue weighted by molar-refractivity contribution is 6.25. The first-order valence-corrected chi connectivity index (χ1v) is 13.0. The summed E-state index contributed by atoms with van der Waals surface area (Å²) in [6.45, 7) is 3.16. The molecule has 0 saturated carbocycles. The zero-order chi connectivity index (χ0) is 30.8. The number of fused-ring (bicyclic) bond motifs is 1. The second-order valence-corrected chi connectivity index (χ2v) is 9.43. The summed E-state index contributed by atoms with van der Waals surface area (Å²) in [5.74, 6) is -4.98. The maximum absolute atomic E-state index is 15.1. The Kier molecular flexibility index (Phi) is 8.13. The Morgan fingerprint density at radius 1 is 1.09 bits per heavy atom. The van der Waals surface area contributed by atoms with Gasteiger partial charge in [0, 0.05) is 42.7 Å². The lowest BCUT2D eigenvalue weighted by molar-refractivity contribution is -0.130. The third-order valence-electron chi connectivity index (χ3n) is 6.41. The third-order valence-corrected chi connectivity index (χ3v) is 6.41. The number of urea groups is 1. The molecule has 0 spiro atoms. The van der Waals surface area contributed by atoms with Crippen LogP contribution in [0.4, 0.5) is 35.2 Å². The number of anilines is 3. The number of hydrogen-bond acceptors (Lipinski definition) is 9. The van der Waals surface area contributed by atoms with Crippen LogP contribution in [0.15, 0.2) is 48.7 Å². The number of aliphatic hydroxyl groups is 1. The minimum Gasteiger partial charge on any atom is -0.453 e. The van der Waals surface area contributed by atoms with Crippen LogP contribution in [0.1, 0.15) is 13.8 Å². The van der Waals surface area contributed by atoms with Crippen LogP contribution < -0.4 is 25.7 Å². The van der Waals surface area contributed by atoms with E-state index < -0.39 is 41.3 Å². The number of ether oxygens (including phenoxy) is 1. The number of aliphatic hydroxyl groups excluding tert-OH is 1. The van der Waals surface area contributed by atoms with Gasteiger partial charge in [-0.2, -0.15) is 5.10 Å². The quantitative estimate of drug-likeness (QED) is 0.182. The monoisotopic (exact) mass is 598 g/mol. The van der Waals surface area contributed by atoms with E-state index in [2.05, 4.69) is 31.2 Å². The molecule has 4 amide bonds. The molecule has 1 saturated heterocycles. The maximum atomic E-state index is 15.1. The van der Waals surface area contributed by atoms with Crippen LogP contribution >= 0.6 is 0 Å². The highest BCUT2D eigenvalue weighted by Gasteiger charge is 2.43. The summed E-state index contributed by atoms with van der Waals surface area (Å²) in [6, 6.07) is 4.61. The third kappa shape index (κ3) is 5.77. The Hall–Kier alpha value is -5.22. The fourth-order valence-corrected chi connectivity index (χ4v) is 4.25. The molecule has 224 valence electrons. The van der Waals surface area contributed by atoms with Gasteiger partial charge in [0.05, 0.1) is 12.3 Å². The van der Waals surface area contributed by atoms with Crippen molar-refractivity contribution in [3.05, 3.63) is 66.1 Å². The van der Waals surface area contributed by atoms with E-state index in [0.29, 0.717) is 27.8 Å². The Morgan fingerprint density at radius 3 is 2.58 bits per heavy atom. The molecule has 2 aromatic heterocycles. The van der Waals surface area contributed by atoms with Crippen LogP contribution in [0.5, 0.6) is 11.5 Å². The lowest BCUT2D eigenvalue weighted by atomic mass is 10.1. The van der Waals surface area contributed by atoms with Gasteiger partial charge in [-0.25, -0.2) is 33.3 Å². The largest absolute Gasteiger partial charge is 0.453 e. The molecule has 3 heterocycles. The lowest BCUT2D eigenvalue weighted by Gasteiger charge is -2.37. The highest BCUT2D eigenvalue weighted by Crippen LogP contribution is 2.34. The minimum absolute atomic E-state index is 0.0197. The second kappa shape index (κ2) is 11.9. The van der Waals surface area contributed by atoms with Gasteiger partial charge in [-0.1, -0.05) is 0 Å². The highest BCUT2D eigenvalue weighted by atomic mass is 19.2. The summed E-state index contributed by atoms with van der Waals surface area (Å²) in [5, 5.41) is 23.0. The van der Waals surface area contributed by atoms with Crippen LogP contribution in [0.25, 0.3) is 11.0 Å². The van der Waals surface area contributed by atoms with Crippen LogP contribution in [-0.2, 0) is 9.59 Å². The van der Waals surface area contributed by atoms with Crippen molar-refractivity contribution in [3.8, 4) is 11.5 Å². The number of hydrogen-bond donors (Lipinski definition) is 5. The molecule has 0 radical (unpaired) electrons. The Morgan fingerprint density at radius 2 is 1.88 bits per heavy atom. The van der Waals surface area contributed by atoms with Gasteiger partial charge < -0.3 is 20.5 Å². The van der Waals surface area contributed by atoms with Crippen molar-refractivity contribution < 1.29 is 37.4 Å². The fourth-order valence-electron chi connectivity index (χ4n) is 4.25. The van der Waals surface area contributed by atoms with Crippen molar-refractivity contribution in [1.82, 2.24) is 25.6 Å². The normalized spacial score (nSPS) is 16.0. The molecule has 16 heteroatoms. The van der Waals surface area contributed by atoms with Crippen LogP contribution in [-0.4, -0.2) is 68.4 Å². The number of aromatic amines is 1. The van der Waals surface area contributed by atoms with E-state index in [1.807, 2.05) is 0 Å². The van der Waals surface area contributed by atoms with Gasteiger partial charge in [0.25, 0.3) is 11.8 Å². The molecule has 1 aliphatic rings. The number of nitrogens with one attached hydrogen (secondary N) is 4. The molecule has 1 fully saturated rings. The van der Waals surface area contributed by atoms with Crippen LogP contribution in [0.2, 0.25) is 0 Å². The molecule has 2 atom stereocenters. The van der Waals surface area contributed by atoms with Gasteiger partial charge in [0.1, 0.15) is 11.1 Å². The summed E-state index contributed by atoms with van der Waals surface area (Å²) in [6.07, 6.45) is 1.43. The first-order valence-electron chi connectivity index (χ1n) is 13.0. The number of halogens is 3. The molecule has 5 rings (SSSR count). The van der Waals surface area contributed by atoms with Crippen molar-refractivity contribution in [2.75, 3.05) is 28.7 Å². The van der Waals surface area contributed by atoms with Gasteiger partial charge >= 0.3 is 6.03 Å². The lowest BCUT2D eigenvalue weighted by Crippen LogP contribution is -2.68. The molecular formula is C27H25F3N8O5. The molecular weight excluding hydrogens is 573 g/mol. The van der Waals surface area contributed by atoms with E-state index in [1.165, 1.54) is 24.4 Å². The van der Waals surface area contributed by atoms with Gasteiger partial charge in [0.2, 0.25) is 0 Å². The van der Waals surface area contributed by atoms with Crippen molar-refractivity contribution in [3.63, 3.8) is 0 Å². The molecule has 1 aliphatic heterocycles. The molecule has 43 heavy (non-hydrogen) atoms. The van der Waals surface area contributed by atoms with Gasteiger partial charge in [-0.05, 0) is 38.1 Å². The van der Waals surface area contributed by atoms with Gasteiger partial charge in [0.15, 0.2) is 40.7 Å². The summed E-state index contributed by atoms with van der Waals surface area (Å²) >= 11 is 0. The number of carbonyl (C=O) groups excluding carboxylic acids is 3. The number of H-pyrrole nitrogens is 1. The summed E-state index contributed by atoms with van der Waals surface area (Å²) < 4.78 is 48.3. The summed E-state index contributed by atoms with van der Waals surface area (Å²) in [7, 11) is 0. The molecule has 2 aromatic carbocycles. The van der Waals surface area contributed by atoms with Crippen LogP contribution in [0, 0.1) is 17.5 Å². The van der Waals surface area contributed by atoms with E-state index in [0.717, 1.165) is 23.2 Å². The summed E-state index contributed by atoms with van der Waals surface area (Å²) in [4.78, 5) is 43.8. The van der Waals surface area contributed by atoms with Crippen molar-refractivity contribution in [2.45, 2.75) is 25.9 Å². The SMILES string of the molecule is CCN1NC(C(=O)Nc2ccc(Oc3ccnc4[nH]nc(N[C@H](C)CO)c34)c(F)c2)C(=O)N(c2ccc(F)c(F)c2)C1=O. The van der Waals surface area contributed by atoms with E-state index >= 15 is 4.39 Å². The number of carbonyl (C=O) groups is 3. The molecule has 13 nitrogen and oxygen atoms in total. The Balaban J connectivity index is 1.35. The van der Waals surface area contributed by atoms with Gasteiger partial charge in [-0.3, -0.25) is 19.7 Å². The van der Waals surface area contributed by atoms with E-state index in [9.17, 15) is 28.3 Å². The molecule has 0 aliphatic carbocycles. The Bertz CT molecular complexity index is 1720. The first-order chi connectivity index (χ1) is 20.6. The average molecular weight is 599 g/mol. The number of amides is 4. The maximum Gasteiger partial charge on any atom is 0.345 e. The number of benzene rings is 2. The molecule has 4 aromatic rings. The van der Waals surface area contributed by atoms with Gasteiger partial charge in [-0.15, -0.1) is 0 Å². The zero-order valence-corrected chi connectivity index (χ0v) is 22.7. The number of rotatable bonds is 9. The number of pyridine rings is 1. The van der Waals surface area contributed by atoms with E-state index in [4.69, 9.17) is 4.74 Å². The molecule has 5 N–H and O–H groups in total. The molecule has 0 bridgehead atoms. The first kappa shape index (κ1) is 29.3. The Labute approximate surface area is 241 Å². The van der Waals surface area contributed by atoms with E-state index in [1.54, 1.807) is 13.8 Å². The van der Waals surface area contributed by atoms with Crippen molar-refractivity contribution >= 4 is 46.1 Å². The predicted molar refractivity (Wildman–Crippen MR) is 148 cm³/mol. The smallest absolute Gasteiger partial charge is 0.345 e. The number of nitrogens with zero attached hydrogens (tertiary/aromatic N) is 4. The molecule has 1 unspecified atom stereocenters. The minimum atomic E-state index is -1.66. The predicted octanol–water partition coefficient (Wildman–Crippen LogP) is 3.26. The number of aromatic nitrogens is 3. The number of hydrazine groups is 1. The fraction of sp³-hybridized carbons (Fsp3) is 0.222.